The van der Waals surface area contributed by atoms with Gasteiger partial charge < -0.3 is 20.4 Å². The van der Waals surface area contributed by atoms with Crippen LogP contribution in [0.1, 0.15) is 36.9 Å². The lowest BCUT2D eigenvalue weighted by atomic mass is 9.91. The van der Waals surface area contributed by atoms with E-state index in [4.69, 9.17) is 4.42 Å². The third-order valence-corrected chi connectivity index (χ3v) is 7.66. The summed E-state index contributed by atoms with van der Waals surface area (Å²) in [5.74, 6) is 1.44. The van der Waals surface area contributed by atoms with E-state index in [-0.39, 0.29) is 5.24 Å². The Balaban J connectivity index is 1.03. The zero-order chi connectivity index (χ0) is 25.0. The number of thioether (sulfide) groups is 1. The molecule has 1 saturated heterocycles. The van der Waals surface area contributed by atoms with Gasteiger partial charge >= 0.3 is 0 Å². The summed E-state index contributed by atoms with van der Waals surface area (Å²) in [5.41, 5.74) is 3.72. The molecule has 1 aromatic carbocycles. The number of nitrogens with one attached hydrogen (secondary N) is 3. The van der Waals surface area contributed by atoms with E-state index in [1.54, 1.807) is 6.20 Å². The van der Waals surface area contributed by atoms with Crippen molar-refractivity contribution in [1.82, 2.24) is 25.6 Å². The number of anilines is 1. The number of carbonyl (C=O) groups excluding carboxylic acids is 1. The number of benzene rings is 1. The predicted molar refractivity (Wildman–Crippen MR) is 147 cm³/mol. The summed E-state index contributed by atoms with van der Waals surface area (Å²) in [6, 6.07) is 16.9. The average molecular weight is 513 g/mol. The predicted octanol–water partition coefficient (Wildman–Crippen LogP) is 5.60. The zero-order valence-electron chi connectivity index (χ0n) is 20.3. The third kappa shape index (κ3) is 5.68. The average Bonchev–Trinajstić information content (AvgIpc) is 3.54. The van der Waals surface area contributed by atoms with Gasteiger partial charge in [0.15, 0.2) is 5.76 Å². The van der Waals surface area contributed by atoms with Crippen molar-refractivity contribution in [2.45, 2.75) is 44.3 Å². The van der Waals surface area contributed by atoms with Gasteiger partial charge in [-0.2, -0.15) is 0 Å². The van der Waals surface area contributed by atoms with E-state index >= 15 is 0 Å². The fourth-order valence-corrected chi connectivity index (χ4v) is 5.61. The number of pyridine rings is 1. The Morgan fingerprint density at radius 3 is 2.73 bits per heavy atom. The monoisotopic (exact) mass is 512 g/mol. The number of furan rings is 1. The van der Waals surface area contributed by atoms with E-state index in [1.807, 2.05) is 42.6 Å². The summed E-state index contributed by atoms with van der Waals surface area (Å²) >= 11 is 1.22. The van der Waals surface area contributed by atoms with Crippen molar-refractivity contribution < 1.29 is 9.21 Å². The maximum Gasteiger partial charge on any atom is 0.283 e. The number of fused-ring (bicyclic) bond motifs is 1. The van der Waals surface area contributed by atoms with Crippen molar-refractivity contribution in [2.75, 3.05) is 11.9 Å². The number of hydrogen-bond donors (Lipinski definition) is 3. The van der Waals surface area contributed by atoms with Crippen molar-refractivity contribution in [1.29, 1.82) is 0 Å². The molecule has 1 aliphatic heterocycles. The van der Waals surface area contributed by atoms with Gasteiger partial charge in [0, 0.05) is 41.3 Å². The lowest BCUT2D eigenvalue weighted by Crippen LogP contribution is -2.37. The molecule has 0 atom stereocenters. The summed E-state index contributed by atoms with van der Waals surface area (Å²) < 4.78 is 6.07. The molecule has 2 fully saturated rings. The minimum Gasteiger partial charge on any atom is -0.454 e. The maximum absolute atomic E-state index is 11.4. The Bertz CT molecular complexity index is 1410. The number of carbonyl (C=O) groups is 1. The Hall–Kier alpha value is -3.69. The number of hydrogen-bond acceptors (Lipinski definition) is 8. The van der Waals surface area contributed by atoms with Gasteiger partial charge in [0.2, 0.25) is 5.95 Å². The fourth-order valence-electron chi connectivity index (χ4n) is 4.90. The highest BCUT2D eigenvalue weighted by Gasteiger charge is 2.22. The minimum absolute atomic E-state index is 0.0155. The summed E-state index contributed by atoms with van der Waals surface area (Å²) in [6.07, 6.45) is 9.76. The number of para-hydroxylation sites is 1. The van der Waals surface area contributed by atoms with Crippen LogP contribution in [0.2, 0.25) is 0 Å². The smallest absolute Gasteiger partial charge is 0.283 e. The van der Waals surface area contributed by atoms with Crippen LogP contribution in [-0.4, -0.2) is 38.8 Å². The van der Waals surface area contributed by atoms with Gasteiger partial charge in [0.05, 0.1) is 12.2 Å². The van der Waals surface area contributed by atoms with Crippen molar-refractivity contribution in [3.8, 4) is 11.5 Å². The number of rotatable bonds is 7. The molecule has 0 bridgehead atoms. The van der Waals surface area contributed by atoms with Crippen molar-refractivity contribution >= 4 is 40.0 Å². The van der Waals surface area contributed by atoms with Crippen LogP contribution in [0.3, 0.4) is 0 Å². The van der Waals surface area contributed by atoms with Gasteiger partial charge in [-0.15, -0.1) is 0 Å². The molecular formula is C28H28N6O2S. The van der Waals surface area contributed by atoms with Crippen LogP contribution in [-0.2, 0) is 6.54 Å². The van der Waals surface area contributed by atoms with Crippen LogP contribution in [0.4, 0.5) is 10.7 Å². The molecule has 1 aliphatic carbocycles. The summed E-state index contributed by atoms with van der Waals surface area (Å²) in [5, 5.41) is 11.1. The first-order valence-electron chi connectivity index (χ1n) is 12.6. The molecule has 3 N–H and O–H groups in total. The molecule has 0 spiro atoms. The molecule has 8 nitrogen and oxygen atoms in total. The Kier molecular flexibility index (Phi) is 6.88. The number of nitrogens with zero attached hydrogens (tertiary/aromatic N) is 3. The summed E-state index contributed by atoms with van der Waals surface area (Å²) in [6.45, 7) is 1.31. The molecule has 1 saturated carbocycles. The summed E-state index contributed by atoms with van der Waals surface area (Å²) in [7, 11) is 0. The van der Waals surface area contributed by atoms with Crippen molar-refractivity contribution in [3.05, 3.63) is 77.1 Å². The summed E-state index contributed by atoms with van der Waals surface area (Å²) in [4.78, 5) is 26.0. The second kappa shape index (κ2) is 10.7. The highest BCUT2D eigenvalue weighted by atomic mass is 32.2. The van der Waals surface area contributed by atoms with Crippen molar-refractivity contribution in [3.63, 3.8) is 0 Å². The van der Waals surface area contributed by atoms with Crippen molar-refractivity contribution in [2.24, 2.45) is 0 Å². The fraction of sp³-hybridized carbons (Fsp3) is 0.286. The first-order chi connectivity index (χ1) is 18.2. The van der Waals surface area contributed by atoms with E-state index in [0.29, 0.717) is 24.6 Å². The zero-order valence-corrected chi connectivity index (χ0v) is 21.1. The lowest BCUT2D eigenvalue weighted by Gasteiger charge is -2.30. The van der Waals surface area contributed by atoms with Crippen LogP contribution < -0.4 is 16.0 Å². The van der Waals surface area contributed by atoms with Gasteiger partial charge in [-0.05, 0) is 73.4 Å². The Morgan fingerprint density at radius 1 is 1.03 bits per heavy atom. The number of amides is 1. The molecular weight excluding hydrogens is 484 g/mol. The van der Waals surface area contributed by atoms with Crippen LogP contribution in [0, 0.1) is 0 Å². The van der Waals surface area contributed by atoms with Crippen LogP contribution in [0.25, 0.3) is 28.5 Å². The molecule has 9 heteroatoms. The molecule has 4 heterocycles. The first kappa shape index (κ1) is 23.7. The highest BCUT2D eigenvalue weighted by molar-refractivity contribution is 8.17. The molecule has 6 rings (SSSR count). The van der Waals surface area contributed by atoms with Gasteiger partial charge in [-0.25, -0.2) is 9.97 Å². The standard InChI is InChI=1S/C28H28N6O2S/c35-28-32-17-23(37-28)15-22-11-13-30-27(34-22)33-21-9-7-20(8-10-21)31-16-19-5-3-12-29-26(19)25-14-18-4-1-2-6-24(18)36-25/h1-6,11-15,20-21,31H,7-10,16-17H2,(H,32,35)(H,30,33,34)/b23-15-. The van der Waals surface area contributed by atoms with E-state index in [9.17, 15) is 4.79 Å². The van der Waals surface area contributed by atoms with Crippen LogP contribution in [0.5, 0.6) is 0 Å². The normalized spacial score (nSPS) is 20.9. The molecule has 0 unspecified atom stereocenters. The van der Waals surface area contributed by atoms with E-state index < -0.39 is 0 Å². The maximum atomic E-state index is 11.4. The molecule has 188 valence electrons. The van der Waals surface area contributed by atoms with Gasteiger partial charge in [-0.1, -0.05) is 24.3 Å². The lowest BCUT2D eigenvalue weighted by molar-refractivity contribution is 0.262. The van der Waals surface area contributed by atoms with Gasteiger partial charge in [-0.3, -0.25) is 9.78 Å². The third-order valence-electron chi connectivity index (χ3n) is 6.81. The quantitative estimate of drug-likeness (QED) is 0.294. The SMILES string of the molecule is O=C1NC/C(=C/c2ccnc(NC3CCC(NCc4cccnc4-c4cc5ccccc5o4)CC3)n2)S1. The molecule has 0 radical (unpaired) electrons. The molecule has 1 amide bonds. The van der Waals surface area contributed by atoms with Crippen LogP contribution >= 0.6 is 11.8 Å². The van der Waals surface area contributed by atoms with Crippen LogP contribution in [0.15, 0.2) is 70.2 Å². The largest absolute Gasteiger partial charge is 0.454 e. The van der Waals surface area contributed by atoms with E-state index in [0.717, 1.165) is 70.8 Å². The van der Waals surface area contributed by atoms with E-state index in [1.165, 1.54) is 11.8 Å². The van der Waals surface area contributed by atoms with E-state index in [2.05, 4.69) is 49.1 Å². The molecule has 3 aromatic heterocycles. The molecule has 2 aliphatic rings. The number of aromatic nitrogens is 3. The molecule has 37 heavy (non-hydrogen) atoms. The van der Waals surface area contributed by atoms with Gasteiger partial charge in [0.1, 0.15) is 11.3 Å². The topological polar surface area (TPSA) is 105 Å². The Labute approximate surface area is 219 Å². The molecule has 4 aromatic rings. The minimum atomic E-state index is -0.0155. The van der Waals surface area contributed by atoms with Gasteiger partial charge in [0.25, 0.3) is 5.24 Å². The second-order valence-electron chi connectivity index (χ2n) is 9.39. The second-order valence-corrected chi connectivity index (χ2v) is 10.5. The Morgan fingerprint density at radius 2 is 1.89 bits per heavy atom. The highest BCUT2D eigenvalue weighted by Crippen LogP contribution is 2.29. The first-order valence-corrected chi connectivity index (χ1v) is 13.4.